The minimum Gasteiger partial charge on any atom is -0.380 e. The third kappa shape index (κ3) is 4.90. The molecule has 0 aromatic carbocycles. The lowest BCUT2D eigenvalue weighted by Crippen LogP contribution is -2.20. The van der Waals surface area contributed by atoms with Gasteiger partial charge >= 0.3 is 6.18 Å². The molecule has 0 spiro atoms. The van der Waals surface area contributed by atoms with Crippen LogP contribution in [-0.4, -0.2) is 36.3 Å². The molecule has 0 aliphatic carbocycles. The van der Waals surface area contributed by atoms with Gasteiger partial charge < -0.3 is 15.4 Å². The van der Waals surface area contributed by atoms with E-state index in [1.165, 1.54) is 13.2 Å². The van der Waals surface area contributed by atoms with Gasteiger partial charge in [0.05, 0.1) is 6.10 Å². The number of hydrogen-bond donors (Lipinski definition) is 2. The molecule has 0 aliphatic heterocycles. The Bertz CT molecular complexity index is 411. The molecule has 1 atom stereocenters. The molecule has 1 aromatic heterocycles. The summed E-state index contributed by atoms with van der Waals surface area (Å²) in [7, 11) is 1.53. The van der Waals surface area contributed by atoms with E-state index in [1.54, 1.807) is 13.8 Å². The molecular formula is C11H17F3N4O. The van der Waals surface area contributed by atoms with Crippen molar-refractivity contribution < 1.29 is 17.9 Å². The molecule has 1 rings (SSSR count). The maximum absolute atomic E-state index is 12.6. The maximum atomic E-state index is 12.6. The van der Waals surface area contributed by atoms with Crippen molar-refractivity contribution in [3.05, 3.63) is 11.9 Å². The largest absolute Gasteiger partial charge is 0.451 e. The van der Waals surface area contributed by atoms with E-state index in [2.05, 4.69) is 20.6 Å². The van der Waals surface area contributed by atoms with E-state index in [9.17, 15) is 13.2 Å². The van der Waals surface area contributed by atoms with Crippen molar-refractivity contribution in [2.75, 3.05) is 30.8 Å². The first-order valence-corrected chi connectivity index (χ1v) is 5.83. The van der Waals surface area contributed by atoms with E-state index >= 15 is 0 Å². The van der Waals surface area contributed by atoms with Crippen molar-refractivity contribution in [1.82, 2.24) is 9.97 Å². The summed E-state index contributed by atoms with van der Waals surface area (Å²) in [4.78, 5) is 6.87. The summed E-state index contributed by atoms with van der Waals surface area (Å²) in [5.41, 5.74) is 0. The number of rotatable bonds is 6. The van der Waals surface area contributed by atoms with Gasteiger partial charge in [0, 0.05) is 26.3 Å². The molecule has 0 amide bonds. The molecule has 0 aliphatic rings. The Hall–Kier alpha value is -1.57. The quantitative estimate of drug-likeness (QED) is 0.836. The highest BCUT2D eigenvalue weighted by molar-refractivity contribution is 5.47. The number of anilines is 2. The Morgan fingerprint density at radius 1 is 1.26 bits per heavy atom. The van der Waals surface area contributed by atoms with Crippen LogP contribution in [0.4, 0.5) is 24.8 Å². The number of halogens is 3. The van der Waals surface area contributed by atoms with Crippen LogP contribution in [-0.2, 0) is 10.9 Å². The molecule has 8 heteroatoms. The fraction of sp³-hybridized carbons (Fsp3) is 0.636. The van der Waals surface area contributed by atoms with Gasteiger partial charge in [0.25, 0.3) is 0 Å². The predicted octanol–water partition coefficient (Wildman–Crippen LogP) is 2.37. The zero-order valence-electron chi connectivity index (χ0n) is 11.0. The van der Waals surface area contributed by atoms with Crippen LogP contribution >= 0.6 is 0 Å². The minimum absolute atomic E-state index is 0.113. The standard InChI is InChI=1S/C11H17F3N4O/c1-4-15-8-5-9(16-6-7(2)19-3)18-10(17-8)11(12,13)14/h5,7H,4,6H2,1-3H3,(H2,15,16,17,18). The van der Waals surface area contributed by atoms with Crippen LogP contribution in [0.2, 0.25) is 0 Å². The highest BCUT2D eigenvalue weighted by Gasteiger charge is 2.35. The first-order valence-electron chi connectivity index (χ1n) is 5.83. The number of hydrogen-bond acceptors (Lipinski definition) is 5. The van der Waals surface area contributed by atoms with Crippen LogP contribution in [0, 0.1) is 0 Å². The fourth-order valence-electron chi connectivity index (χ4n) is 1.27. The van der Waals surface area contributed by atoms with Crippen LogP contribution in [0.3, 0.4) is 0 Å². The van der Waals surface area contributed by atoms with Crippen LogP contribution in [0.25, 0.3) is 0 Å². The number of alkyl halides is 3. The lowest BCUT2D eigenvalue weighted by Gasteiger charge is -2.14. The zero-order chi connectivity index (χ0) is 14.5. The first-order chi connectivity index (χ1) is 8.86. The third-order valence-electron chi connectivity index (χ3n) is 2.31. The molecule has 0 radical (unpaired) electrons. The fourth-order valence-corrected chi connectivity index (χ4v) is 1.27. The second-order valence-electron chi connectivity index (χ2n) is 3.92. The molecule has 1 aromatic rings. The zero-order valence-corrected chi connectivity index (χ0v) is 11.0. The van der Waals surface area contributed by atoms with Crippen LogP contribution in [0.5, 0.6) is 0 Å². The average molecular weight is 278 g/mol. The smallest absolute Gasteiger partial charge is 0.380 e. The summed E-state index contributed by atoms with van der Waals surface area (Å²) < 4.78 is 42.9. The monoisotopic (exact) mass is 278 g/mol. The van der Waals surface area contributed by atoms with Gasteiger partial charge in [-0.25, -0.2) is 9.97 Å². The van der Waals surface area contributed by atoms with E-state index < -0.39 is 12.0 Å². The van der Waals surface area contributed by atoms with Crippen molar-refractivity contribution in [2.45, 2.75) is 26.1 Å². The lowest BCUT2D eigenvalue weighted by atomic mass is 10.4. The number of aromatic nitrogens is 2. The Morgan fingerprint density at radius 2 is 1.84 bits per heavy atom. The molecule has 0 bridgehead atoms. The second-order valence-corrected chi connectivity index (χ2v) is 3.92. The Kier molecular flexibility index (Phi) is 5.34. The number of nitrogens with zero attached hydrogens (tertiary/aromatic N) is 2. The van der Waals surface area contributed by atoms with Crippen molar-refractivity contribution in [3.63, 3.8) is 0 Å². The van der Waals surface area contributed by atoms with Gasteiger partial charge in [-0.15, -0.1) is 0 Å². The van der Waals surface area contributed by atoms with E-state index in [4.69, 9.17) is 4.74 Å². The summed E-state index contributed by atoms with van der Waals surface area (Å²) in [6, 6.07) is 1.43. The van der Waals surface area contributed by atoms with Gasteiger partial charge in [0.2, 0.25) is 5.82 Å². The Balaban J connectivity index is 2.93. The molecular weight excluding hydrogens is 261 g/mol. The van der Waals surface area contributed by atoms with Gasteiger partial charge in [-0.2, -0.15) is 13.2 Å². The molecule has 1 unspecified atom stereocenters. The normalized spacial score (nSPS) is 13.2. The highest BCUT2D eigenvalue weighted by Crippen LogP contribution is 2.28. The van der Waals surface area contributed by atoms with Gasteiger partial charge in [-0.3, -0.25) is 0 Å². The van der Waals surface area contributed by atoms with Gasteiger partial charge in [-0.05, 0) is 13.8 Å². The van der Waals surface area contributed by atoms with Crippen molar-refractivity contribution >= 4 is 11.6 Å². The molecule has 2 N–H and O–H groups in total. The first kappa shape index (κ1) is 15.5. The highest BCUT2D eigenvalue weighted by atomic mass is 19.4. The summed E-state index contributed by atoms with van der Waals surface area (Å²) >= 11 is 0. The van der Waals surface area contributed by atoms with E-state index in [0.717, 1.165) is 0 Å². The van der Waals surface area contributed by atoms with Crippen molar-refractivity contribution in [3.8, 4) is 0 Å². The number of ether oxygens (including phenoxy) is 1. The van der Waals surface area contributed by atoms with E-state index in [1.807, 2.05) is 0 Å². The molecule has 1 heterocycles. The SMILES string of the molecule is CCNc1cc(NCC(C)OC)nc(C(F)(F)F)n1. The van der Waals surface area contributed by atoms with Crippen LogP contribution in [0.15, 0.2) is 6.07 Å². The summed E-state index contributed by atoms with van der Waals surface area (Å²) in [6.45, 7) is 4.40. The predicted molar refractivity (Wildman–Crippen MR) is 66.2 cm³/mol. The lowest BCUT2D eigenvalue weighted by molar-refractivity contribution is -0.144. The summed E-state index contributed by atoms with van der Waals surface area (Å²) in [5.74, 6) is -0.918. The molecule has 0 saturated carbocycles. The maximum Gasteiger partial charge on any atom is 0.451 e. The molecule has 19 heavy (non-hydrogen) atoms. The molecule has 5 nitrogen and oxygen atoms in total. The molecule has 0 saturated heterocycles. The van der Waals surface area contributed by atoms with Gasteiger partial charge in [-0.1, -0.05) is 0 Å². The van der Waals surface area contributed by atoms with E-state index in [-0.39, 0.29) is 17.7 Å². The van der Waals surface area contributed by atoms with Crippen LogP contribution in [0.1, 0.15) is 19.7 Å². The van der Waals surface area contributed by atoms with Gasteiger partial charge in [0.15, 0.2) is 0 Å². The molecule has 0 fully saturated rings. The van der Waals surface area contributed by atoms with Crippen LogP contribution < -0.4 is 10.6 Å². The van der Waals surface area contributed by atoms with Gasteiger partial charge in [0.1, 0.15) is 11.6 Å². The summed E-state index contributed by atoms with van der Waals surface area (Å²) in [5, 5.41) is 5.53. The third-order valence-corrected chi connectivity index (χ3v) is 2.31. The Labute approximate surface area is 109 Å². The topological polar surface area (TPSA) is 59.1 Å². The second kappa shape index (κ2) is 6.55. The number of nitrogens with one attached hydrogen (secondary N) is 2. The minimum atomic E-state index is -4.57. The molecule has 108 valence electrons. The number of methoxy groups -OCH3 is 1. The summed E-state index contributed by atoms with van der Waals surface area (Å²) in [6.07, 6.45) is -4.71. The van der Waals surface area contributed by atoms with Crippen molar-refractivity contribution in [2.24, 2.45) is 0 Å². The Morgan fingerprint density at radius 3 is 2.32 bits per heavy atom. The van der Waals surface area contributed by atoms with Crippen molar-refractivity contribution in [1.29, 1.82) is 0 Å². The van der Waals surface area contributed by atoms with E-state index in [0.29, 0.717) is 13.1 Å². The average Bonchev–Trinajstić information content (AvgIpc) is 2.35.